The number of hydroxylamine groups is 2. The fraction of sp³-hybridized carbons (Fsp3) is 0.379. The molecule has 2 aliphatic heterocycles. The molecular formula is C29H31NO. The number of rotatable bonds is 6. The van der Waals surface area contributed by atoms with Gasteiger partial charge in [-0.3, -0.25) is 4.84 Å². The van der Waals surface area contributed by atoms with Crippen LogP contribution in [0.25, 0.3) is 0 Å². The lowest BCUT2D eigenvalue weighted by Crippen LogP contribution is -2.60. The van der Waals surface area contributed by atoms with E-state index in [2.05, 4.69) is 96.1 Å². The topological polar surface area (TPSA) is 12.5 Å². The van der Waals surface area contributed by atoms with Gasteiger partial charge in [0, 0.05) is 18.5 Å². The average molecular weight is 410 g/mol. The molecule has 3 aromatic carbocycles. The molecule has 158 valence electrons. The maximum atomic E-state index is 7.32. The van der Waals surface area contributed by atoms with Gasteiger partial charge in [0.05, 0.1) is 0 Å². The highest BCUT2D eigenvalue weighted by atomic mass is 16.7. The molecule has 2 aliphatic carbocycles. The second-order valence-corrected chi connectivity index (χ2v) is 9.89. The third-order valence-corrected chi connectivity index (χ3v) is 7.85. The van der Waals surface area contributed by atoms with Gasteiger partial charge >= 0.3 is 0 Å². The maximum absolute atomic E-state index is 7.32. The zero-order valence-corrected chi connectivity index (χ0v) is 18.1. The summed E-state index contributed by atoms with van der Waals surface area (Å²) in [5.74, 6) is 1.83. The molecular weight excluding hydrogens is 378 g/mol. The Bertz CT molecular complexity index is 933. The summed E-state index contributed by atoms with van der Waals surface area (Å²) in [6.45, 7) is 0. The third kappa shape index (κ3) is 3.52. The molecule has 0 unspecified atom stereocenters. The third-order valence-electron chi connectivity index (χ3n) is 7.85. The summed E-state index contributed by atoms with van der Waals surface area (Å²) in [6, 6.07) is 33.7. The normalized spacial score (nSPS) is 27.5. The predicted octanol–water partition coefficient (Wildman–Crippen LogP) is 6.37. The Hall–Kier alpha value is -2.42. The number of hydrogen-bond donors (Lipinski definition) is 0. The predicted molar refractivity (Wildman–Crippen MR) is 124 cm³/mol. The smallest absolute Gasteiger partial charge is 0.144 e. The molecule has 4 bridgehead atoms. The van der Waals surface area contributed by atoms with Gasteiger partial charge in [-0.1, -0.05) is 91.0 Å². The largest absolute Gasteiger partial charge is 0.282 e. The fourth-order valence-corrected chi connectivity index (χ4v) is 6.63. The van der Waals surface area contributed by atoms with E-state index in [0.29, 0.717) is 12.1 Å². The Morgan fingerprint density at radius 1 is 0.613 bits per heavy atom. The summed E-state index contributed by atoms with van der Waals surface area (Å²) in [5.41, 5.74) is 3.25. The first-order valence-electron chi connectivity index (χ1n) is 11.9. The molecule has 0 spiro atoms. The van der Waals surface area contributed by atoms with Crippen molar-refractivity contribution in [3.63, 3.8) is 0 Å². The second kappa shape index (κ2) is 7.93. The quantitative estimate of drug-likeness (QED) is 0.469. The Balaban J connectivity index is 1.46. The van der Waals surface area contributed by atoms with Crippen LogP contribution < -0.4 is 0 Å². The van der Waals surface area contributed by atoms with Crippen molar-refractivity contribution in [3.05, 3.63) is 108 Å². The standard InChI is InChI=1S/C29H31NO/c1-4-10-22(11-5-1)21-29(25-12-6-2-7-13-25,26-14-8-3-9-15-26)31-30-27-17-23-16-24(19-27)20-28(30)18-23/h1-15,23-24,27-28H,16-21H2. The summed E-state index contributed by atoms with van der Waals surface area (Å²) >= 11 is 0. The van der Waals surface area contributed by atoms with Gasteiger partial charge in [-0.2, -0.15) is 5.06 Å². The maximum Gasteiger partial charge on any atom is 0.144 e. The van der Waals surface area contributed by atoms with E-state index in [0.717, 1.165) is 18.3 Å². The zero-order valence-electron chi connectivity index (χ0n) is 18.1. The first-order chi connectivity index (χ1) is 15.3. The van der Waals surface area contributed by atoms with Crippen molar-refractivity contribution in [2.24, 2.45) is 11.8 Å². The van der Waals surface area contributed by atoms with Gasteiger partial charge < -0.3 is 0 Å². The van der Waals surface area contributed by atoms with Crippen molar-refractivity contribution in [1.82, 2.24) is 5.06 Å². The molecule has 4 fully saturated rings. The highest BCUT2D eigenvalue weighted by Crippen LogP contribution is 2.51. The SMILES string of the molecule is c1ccc(CC(ON2C3CC4CC(C3)CC2C4)(c2ccccc2)c2ccccc2)cc1. The summed E-state index contributed by atoms with van der Waals surface area (Å²) in [5, 5.41) is 2.45. The molecule has 0 N–H and O–H groups in total. The molecule has 0 aromatic heterocycles. The van der Waals surface area contributed by atoms with Crippen molar-refractivity contribution in [1.29, 1.82) is 0 Å². The molecule has 2 saturated carbocycles. The van der Waals surface area contributed by atoms with Gasteiger partial charge in [0.25, 0.3) is 0 Å². The van der Waals surface area contributed by atoms with Crippen molar-refractivity contribution < 1.29 is 4.84 Å². The van der Waals surface area contributed by atoms with E-state index in [-0.39, 0.29) is 0 Å². The van der Waals surface area contributed by atoms with Crippen LogP contribution in [0.2, 0.25) is 0 Å². The molecule has 0 amide bonds. The van der Waals surface area contributed by atoms with E-state index < -0.39 is 5.60 Å². The van der Waals surface area contributed by atoms with Gasteiger partial charge in [-0.15, -0.1) is 0 Å². The lowest BCUT2D eigenvalue weighted by molar-refractivity contribution is -0.316. The van der Waals surface area contributed by atoms with Gasteiger partial charge in [-0.25, -0.2) is 0 Å². The van der Waals surface area contributed by atoms with E-state index in [1.165, 1.54) is 48.8 Å². The Morgan fingerprint density at radius 3 is 1.55 bits per heavy atom. The van der Waals surface area contributed by atoms with Gasteiger partial charge in [0.15, 0.2) is 0 Å². The number of hydrogen-bond acceptors (Lipinski definition) is 2. The van der Waals surface area contributed by atoms with E-state index >= 15 is 0 Å². The van der Waals surface area contributed by atoms with E-state index in [1.807, 2.05) is 0 Å². The minimum atomic E-state index is -0.529. The van der Waals surface area contributed by atoms with Crippen LogP contribution in [0.3, 0.4) is 0 Å². The van der Waals surface area contributed by atoms with Crippen LogP contribution in [0.1, 0.15) is 48.8 Å². The molecule has 7 rings (SSSR count). The minimum Gasteiger partial charge on any atom is -0.282 e. The van der Waals surface area contributed by atoms with E-state index in [1.54, 1.807) is 0 Å². The van der Waals surface area contributed by atoms with Crippen molar-refractivity contribution in [2.75, 3.05) is 0 Å². The minimum absolute atomic E-state index is 0.529. The summed E-state index contributed by atoms with van der Waals surface area (Å²) < 4.78 is 0. The molecule has 0 radical (unpaired) electrons. The first-order valence-corrected chi connectivity index (χ1v) is 11.9. The van der Waals surface area contributed by atoms with Crippen LogP contribution in [0, 0.1) is 11.8 Å². The monoisotopic (exact) mass is 409 g/mol. The van der Waals surface area contributed by atoms with Crippen LogP contribution in [0.15, 0.2) is 91.0 Å². The van der Waals surface area contributed by atoms with Crippen molar-refractivity contribution >= 4 is 0 Å². The fourth-order valence-electron chi connectivity index (χ4n) is 6.63. The van der Waals surface area contributed by atoms with Crippen LogP contribution in [0.5, 0.6) is 0 Å². The Morgan fingerprint density at radius 2 is 1.06 bits per heavy atom. The van der Waals surface area contributed by atoms with E-state index in [9.17, 15) is 0 Å². The van der Waals surface area contributed by atoms with Crippen molar-refractivity contribution in [2.45, 2.75) is 56.2 Å². The van der Waals surface area contributed by atoms with Crippen molar-refractivity contribution in [3.8, 4) is 0 Å². The summed E-state index contributed by atoms with van der Waals surface area (Å²) in [6.07, 6.45) is 7.49. The Labute approximate surface area is 185 Å². The molecule has 4 aliphatic rings. The van der Waals surface area contributed by atoms with Crippen LogP contribution in [-0.2, 0) is 16.9 Å². The highest BCUT2D eigenvalue weighted by Gasteiger charge is 2.51. The molecule has 31 heavy (non-hydrogen) atoms. The number of piperidine rings is 2. The van der Waals surface area contributed by atoms with E-state index in [4.69, 9.17) is 4.84 Å². The van der Waals surface area contributed by atoms with Gasteiger partial charge in [-0.05, 0) is 60.6 Å². The van der Waals surface area contributed by atoms with Crippen LogP contribution in [0.4, 0.5) is 0 Å². The molecule has 2 nitrogen and oxygen atoms in total. The lowest BCUT2D eigenvalue weighted by atomic mass is 9.64. The zero-order chi connectivity index (χ0) is 20.7. The first kappa shape index (κ1) is 19.3. The number of nitrogens with zero attached hydrogens (tertiary/aromatic N) is 1. The molecule has 2 heterocycles. The lowest BCUT2D eigenvalue weighted by Gasteiger charge is -2.57. The summed E-state index contributed by atoms with van der Waals surface area (Å²) in [7, 11) is 0. The van der Waals surface area contributed by atoms with Gasteiger partial charge in [0.2, 0.25) is 0 Å². The molecule has 2 saturated heterocycles. The Kier molecular flexibility index (Phi) is 4.93. The molecule has 2 heteroatoms. The number of benzene rings is 3. The second-order valence-electron chi connectivity index (χ2n) is 9.89. The highest BCUT2D eigenvalue weighted by molar-refractivity contribution is 5.39. The summed E-state index contributed by atoms with van der Waals surface area (Å²) in [4.78, 5) is 7.32. The molecule has 3 aromatic rings. The molecule has 0 atom stereocenters. The van der Waals surface area contributed by atoms with Crippen LogP contribution in [-0.4, -0.2) is 17.1 Å². The van der Waals surface area contributed by atoms with Crippen LogP contribution >= 0.6 is 0 Å². The average Bonchev–Trinajstić information content (AvgIpc) is 2.82. The van der Waals surface area contributed by atoms with Gasteiger partial charge in [0.1, 0.15) is 5.60 Å².